The van der Waals surface area contributed by atoms with Crippen LogP contribution in [-0.2, 0) is 9.53 Å². The first kappa shape index (κ1) is 13.3. The van der Waals surface area contributed by atoms with Crippen LogP contribution in [-0.4, -0.2) is 46.6 Å². The summed E-state index contributed by atoms with van der Waals surface area (Å²) in [5, 5.41) is 8.78. The first-order valence-electron chi connectivity index (χ1n) is 5.34. The van der Waals surface area contributed by atoms with Crippen LogP contribution < -0.4 is 0 Å². The molecule has 1 N–H and O–H groups in total. The van der Waals surface area contributed by atoms with Gasteiger partial charge in [0.2, 0.25) is 0 Å². The van der Waals surface area contributed by atoms with E-state index in [9.17, 15) is 9.59 Å². The fourth-order valence-electron chi connectivity index (χ4n) is 1.80. The number of carboxylic acid groups (broad SMARTS) is 1. The second kappa shape index (κ2) is 6.08. The lowest BCUT2D eigenvalue weighted by molar-refractivity contribution is -0.143. The van der Waals surface area contributed by atoms with Gasteiger partial charge in [0.15, 0.2) is 0 Å². The van der Waals surface area contributed by atoms with Gasteiger partial charge in [-0.1, -0.05) is 15.9 Å². The molecule has 1 unspecified atom stereocenters. The Morgan fingerprint density at radius 1 is 1.50 bits per heavy atom. The van der Waals surface area contributed by atoms with Gasteiger partial charge in [0.1, 0.15) is 4.83 Å². The zero-order chi connectivity index (χ0) is 12.1. The summed E-state index contributed by atoms with van der Waals surface area (Å²) in [6.07, 6.45) is 0.503. The number of alkyl halides is 1. The van der Waals surface area contributed by atoms with E-state index in [-0.39, 0.29) is 16.7 Å². The van der Waals surface area contributed by atoms with E-state index >= 15 is 0 Å². The fourth-order valence-corrected chi connectivity index (χ4v) is 2.46. The largest absolute Gasteiger partial charge is 0.465 e. The number of rotatable bonds is 3. The monoisotopic (exact) mass is 293 g/mol. The summed E-state index contributed by atoms with van der Waals surface area (Å²) < 4.78 is 4.92. The maximum Gasteiger partial charge on any atom is 0.407 e. The second-order valence-corrected chi connectivity index (χ2v) is 4.75. The van der Waals surface area contributed by atoms with Gasteiger partial charge in [-0.3, -0.25) is 4.79 Å². The van der Waals surface area contributed by atoms with Crippen molar-refractivity contribution in [1.82, 2.24) is 4.90 Å². The molecule has 0 aromatic heterocycles. The molecule has 1 saturated heterocycles. The van der Waals surface area contributed by atoms with Gasteiger partial charge in [0.05, 0.1) is 6.61 Å². The van der Waals surface area contributed by atoms with Gasteiger partial charge in [-0.05, 0) is 25.7 Å². The van der Waals surface area contributed by atoms with Crippen molar-refractivity contribution in [2.75, 3.05) is 19.7 Å². The van der Waals surface area contributed by atoms with E-state index in [4.69, 9.17) is 9.84 Å². The maximum atomic E-state index is 11.5. The predicted octanol–water partition coefficient (Wildman–Crippen LogP) is 1.70. The minimum absolute atomic E-state index is 0.162. The SMILES string of the molecule is CCOC(=O)C(Br)C1CCN(C(=O)O)CC1. The number of carbonyl (C=O) groups excluding carboxylic acids is 1. The highest BCUT2D eigenvalue weighted by Crippen LogP contribution is 2.26. The lowest BCUT2D eigenvalue weighted by Gasteiger charge is -2.31. The number of ether oxygens (including phenoxy) is 1. The second-order valence-electron chi connectivity index (χ2n) is 3.76. The molecule has 0 aromatic carbocycles. The third-order valence-electron chi connectivity index (χ3n) is 2.74. The van der Waals surface area contributed by atoms with Crippen molar-refractivity contribution in [3.8, 4) is 0 Å². The van der Waals surface area contributed by atoms with Crippen molar-refractivity contribution < 1.29 is 19.4 Å². The molecule has 0 bridgehead atoms. The Bertz CT molecular complexity index is 264. The van der Waals surface area contributed by atoms with Gasteiger partial charge in [-0.15, -0.1) is 0 Å². The van der Waals surface area contributed by atoms with E-state index in [1.165, 1.54) is 4.90 Å². The van der Waals surface area contributed by atoms with Crippen molar-refractivity contribution >= 4 is 28.0 Å². The van der Waals surface area contributed by atoms with Crippen molar-refractivity contribution in [3.05, 3.63) is 0 Å². The predicted molar refractivity (Wildman–Crippen MR) is 61.7 cm³/mol. The summed E-state index contributed by atoms with van der Waals surface area (Å²) in [7, 11) is 0. The summed E-state index contributed by atoms with van der Waals surface area (Å²) in [4.78, 5) is 23.2. The van der Waals surface area contributed by atoms with Crippen LogP contribution in [0.15, 0.2) is 0 Å². The number of nitrogens with zero attached hydrogens (tertiary/aromatic N) is 1. The van der Waals surface area contributed by atoms with E-state index in [1.807, 2.05) is 0 Å². The van der Waals surface area contributed by atoms with Crippen LogP contribution in [0.5, 0.6) is 0 Å². The number of piperidine rings is 1. The smallest absolute Gasteiger partial charge is 0.407 e. The van der Waals surface area contributed by atoms with Crippen LogP contribution >= 0.6 is 15.9 Å². The molecule has 5 nitrogen and oxygen atoms in total. The van der Waals surface area contributed by atoms with Gasteiger partial charge in [0.25, 0.3) is 0 Å². The molecule has 1 aliphatic rings. The Labute approximate surface area is 103 Å². The molecule has 1 rings (SSSR count). The Kier molecular flexibility index (Phi) is 5.05. The van der Waals surface area contributed by atoms with Crippen LogP contribution in [0.4, 0.5) is 4.79 Å². The number of halogens is 1. The van der Waals surface area contributed by atoms with Crippen LogP contribution in [0.2, 0.25) is 0 Å². The lowest BCUT2D eigenvalue weighted by atomic mass is 9.94. The topological polar surface area (TPSA) is 66.8 Å². The van der Waals surface area contributed by atoms with Gasteiger partial charge >= 0.3 is 12.1 Å². The molecule has 1 atom stereocenters. The van der Waals surface area contributed by atoms with Gasteiger partial charge < -0.3 is 14.7 Å². The van der Waals surface area contributed by atoms with Crippen LogP contribution in [0.25, 0.3) is 0 Å². The highest BCUT2D eigenvalue weighted by Gasteiger charge is 2.31. The molecule has 92 valence electrons. The van der Waals surface area contributed by atoms with Gasteiger partial charge in [-0.2, -0.15) is 0 Å². The van der Waals surface area contributed by atoms with Gasteiger partial charge in [-0.25, -0.2) is 4.79 Å². The van der Waals surface area contributed by atoms with Crippen molar-refractivity contribution in [1.29, 1.82) is 0 Å². The van der Waals surface area contributed by atoms with E-state index in [2.05, 4.69) is 15.9 Å². The highest BCUT2D eigenvalue weighted by atomic mass is 79.9. The molecule has 0 spiro atoms. The molecule has 1 aliphatic heterocycles. The molecular weight excluding hydrogens is 278 g/mol. The molecular formula is C10H16BrNO4. The molecule has 1 fully saturated rings. The Morgan fingerprint density at radius 3 is 2.50 bits per heavy atom. The third-order valence-corrected chi connectivity index (χ3v) is 3.86. The van der Waals surface area contributed by atoms with Gasteiger partial charge in [0, 0.05) is 13.1 Å². The standard InChI is InChI=1S/C10H16BrNO4/c1-2-16-9(13)8(11)7-3-5-12(6-4-7)10(14)15/h7-8H,2-6H2,1H3,(H,14,15). The van der Waals surface area contributed by atoms with Crippen molar-refractivity contribution in [3.63, 3.8) is 0 Å². The quantitative estimate of drug-likeness (QED) is 0.635. The zero-order valence-electron chi connectivity index (χ0n) is 9.19. The normalized spacial score (nSPS) is 19.2. The molecule has 0 radical (unpaired) electrons. The van der Waals surface area contributed by atoms with Crippen molar-refractivity contribution in [2.24, 2.45) is 5.92 Å². The number of esters is 1. The summed E-state index contributed by atoms with van der Waals surface area (Å²) in [5.41, 5.74) is 0. The maximum absolute atomic E-state index is 11.5. The summed E-state index contributed by atoms with van der Waals surface area (Å²) in [6.45, 7) is 3.11. The number of carbonyl (C=O) groups is 2. The first-order chi connectivity index (χ1) is 7.56. The molecule has 0 aromatic rings. The molecule has 16 heavy (non-hydrogen) atoms. The van der Waals surface area contributed by atoms with E-state index in [0.29, 0.717) is 32.5 Å². The summed E-state index contributed by atoms with van der Waals surface area (Å²) >= 11 is 3.32. The van der Waals surface area contributed by atoms with E-state index in [1.54, 1.807) is 6.92 Å². The minimum atomic E-state index is -0.888. The molecule has 1 amide bonds. The number of hydrogen-bond donors (Lipinski definition) is 1. The average molecular weight is 294 g/mol. The van der Waals surface area contributed by atoms with Crippen LogP contribution in [0.3, 0.4) is 0 Å². The van der Waals surface area contributed by atoms with E-state index < -0.39 is 6.09 Å². The highest BCUT2D eigenvalue weighted by molar-refractivity contribution is 9.10. The number of hydrogen-bond acceptors (Lipinski definition) is 3. The Balaban J connectivity index is 2.41. The minimum Gasteiger partial charge on any atom is -0.465 e. The van der Waals surface area contributed by atoms with Crippen LogP contribution in [0, 0.1) is 5.92 Å². The third kappa shape index (κ3) is 3.37. The number of likely N-dealkylation sites (tertiary alicyclic amines) is 1. The molecule has 6 heteroatoms. The summed E-state index contributed by atoms with van der Waals surface area (Å²) in [6, 6.07) is 0. The fraction of sp³-hybridized carbons (Fsp3) is 0.800. The summed E-state index contributed by atoms with van der Waals surface area (Å²) in [5.74, 6) is -0.0917. The zero-order valence-corrected chi connectivity index (χ0v) is 10.8. The van der Waals surface area contributed by atoms with Crippen molar-refractivity contribution in [2.45, 2.75) is 24.6 Å². The van der Waals surface area contributed by atoms with E-state index in [0.717, 1.165) is 0 Å². The Hall–Kier alpha value is -0.780. The molecule has 0 aliphatic carbocycles. The lowest BCUT2D eigenvalue weighted by Crippen LogP contribution is -2.41. The first-order valence-corrected chi connectivity index (χ1v) is 6.26. The average Bonchev–Trinajstić information content (AvgIpc) is 2.28. The molecule has 1 heterocycles. The molecule has 0 saturated carbocycles. The Morgan fingerprint density at radius 2 is 2.06 bits per heavy atom. The van der Waals surface area contributed by atoms with Crippen LogP contribution in [0.1, 0.15) is 19.8 Å². The number of amides is 1.